The van der Waals surface area contributed by atoms with Gasteiger partial charge < -0.3 is 15.0 Å². The van der Waals surface area contributed by atoms with Gasteiger partial charge in [-0.05, 0) is 25.8 Å². The lowest BCUT2D eigenvalue weighted by Crippen LogP contribution is -2.27. The van der Waals surface area contributed by atoms with Gasteiger partial charge in [0, 0.05) is 39.0 Å². The van der Waals surface area contributed by atoms with E-state index in [9.17, 15) is 0 Å². The maximum absolute atomic E-state index is 5.03. The monoisotopic (exact) mass is 278 g/mol. The van der Waals surface area contributed by atoms with Gasteiger partial charge in [0.2, 0.25) is 5.95 Å². The molecule has 0 saturated carbocycles. The van der Waals surface area contributed by atoms with Crippen LogP contribution in [-0.4, -0.2) is 43.3 Å². The van der Waals surface area contributed by atoms with Crippen molar-refractivity contribution in [1.82, 2.24) is 15.3 Å². The number of methoxy groups -OCH3 is 1. The third-order valence-corrected chi connectivity index (χ3v) is 3.57. The van der Waals surface area contributed by atoms with Crippen molar-refractivity contribution in [2.24, 2.45) is 0 Å². The van der Waals surface area contributed by atoms with E-state index in [1.165, 1.54) is 25.7 Å². The Morgan fingerprint density at radius 2 is 1.95 bits per heavy atom. The van der Waals surface area contributed by atoms with Gasteiger partial charge >= 0.3 is 0 Å². The Balaban J connectivity index is 1.99. The summed E-state index contributed by atoms with van der Waals surface area (Å²) in [5, 5.41) is 3.34. The Morgan fingerprint density at radius 3 is 2.65 bits per heavy atom. The molecule has 0 spiro atoms. The lowest BCUT2D eigenvalue weighted by atomic mass is 10.2. The second kappa shape index (κ2) is 8.17. The number of anilines is 1. The molecule has 0 aliphatic carbocycles. The standard InChI is InChI=1S/C15H26N4O/c1-13-11-14(12-16-7-10-20-2)18-15(17-13)19-8-5-3-4-6-9-19/h11,16H,3-10,12H2,1-2H3. The summed E-state index contributed by atoms with van der Waals surface area (Å²) in [4.78, 5) is 11.6. The Kier molecular flexibility index (Phi) is 6.21. The van der Waals surface area contributed by atoms with Crippen LogP contribution in [0.25, 0.3) is 0 Å². The van der Waals surface area contributed by atoms with E-state index in [4.69, 9.17) is 9.72 Å². The second-order valence-corrected chi connectivity index (χ2v) is 5.37. The number of hydrogen-bond donors (Lipinski definition) is 1. The summed E-state index contributed by atoms with van der Waals surface area (Å²) in [5.41, 5.74) is 2.11. The summed E-state index contributed by atoms with van der Waals surface area (Å²) in [6.45, 7) is 6.55. The van der Waals surface area contributed by atoms with E-state index in [0.29, 0.717) is 0 Å². The zero-order valence-electron chi connectivity index (χ0n) is 12.7. The fraction of sp³-hybridized carbons (Fsp3) is 0.733. The third kappa shape index (κ3) is 4.72. The van der Waals surface area contributed by atoms with Gasteiger partial charge in [0.25, 0.3) is 0 Å². The van der Waals surface area contributed by atoms with Crippen LogP contribution >= 0.6 is 0 Å². The van der Waals surface area contributed by atoms with Crippen molar-refractivity contribution >= 4 is 5.95 Å². The van der Waals surface area contributed by atoms with Crippen molar-refractivity contribution in [2.45, 2.75) is 39.2 Å². The van der Waals surface area contributed by atoms with E-state index in [0.717, 1.165) is 50.1 Å². The van der Waals surface area contributed by atoms with Gasteiger partial charge in [-0.15, -0.1) is 0 Å². The molecule has 1 aliphatic rings. The van der Waals surface area contributed by atoms with Crippen LogP contribution in [0, 0.1) is 6.92 Å². The second-order valence-electron chi connectivity index (χ2n) is 5.37. The smallest absolute Gasteiger partial charge is 0.225 e. The van der Waals surface area contributed by atoms with Gasteiger partial charge in [0.1, 0.15) is 0 Å². The van der Waals surface area contributed by atoms with Crippen LogP contribution in [0.15, 0.2) is 6.07 Å². The van der Waals surface area contributed by atoms with E-state index in [1.807, 2.05) is 6.92 Å². The van der Waals surface area contributed by atoms with Crippen molar-refractivity contribution < 1.29 is 4.74 Å². The summed E-state index contributed by atoms with van der Waals surface area (Å²) >= 11 is 0. The van der Waals surface area contributed by atoms with Crippen LogP contribution in [0.2, 0.25) is 0 Å². The number of aromatic nitrogens is 2. The molecule has 5 nitrogen and oxygen atoms in total. The van der Waals surface area contributed by atoms with E-state index in [1.54, 1.807) is 7.11 Å². The molecule has 0 atom stereocenters. The lowest BCUT2D eigenvalue weighted by Gasteiger charge is -2.21. The third-order valence-electron chi connectivity index (χ3n) is 3.57. The predicted molar refractivity (Wildman–Crippen MR) is 81.0 cm³/mol. The molecule has 2 heterocycles. The summed E-state index contributed by atoms with van der Waals surface area (Å²) < 4.78 is 5.03. The molecule has 2 rings (SSSR count). The number of aryl methyl sites for hydroxylation is 1. The van der Waals surface area contributed by atoms with E-state index < -0.39 is 0 Å². The SMILES string of the molecule is COCCNCc1cc(C)nc(N2CCCCCC2)n1. The quantitative estimate of drug-likeness (QED) is 0.806. The zero-order chi connectivity index (χ0) is 14.2. The van der Waals surface area contributed by atoms with Gasteiger partial charge in [-0.1, -0.05) is 12.8 Å². The summed E-state index contributed by atoms with van der Waals surface area (Å²) in [7, 11) is 1.72. The number of nitrogens with zero attached hydrogens (tertiary/aromatic N) is 3. The van der Waals surface area contributed by atoms with Crippen LogP contribution in [0.4, 0.5) is 5.95 Å². The number of nitrogens with one attached hydrogen (secondary N) is 1. The molecule has 1 aliphatic heterocycles. The Hall–Kier alpha value is -1.20. The number of ether oxygens (including phenoxy) is 1. The molecule has 20 heavy (non-hydrogen) atoms. The molecule has 0 amide bonds. The number of rotatable bonds is 6. The maximum Gasteiger partial charge on any atom is 0.225 e. The van der Waals surface area contributed by atoms with Gasteiger partial charge in [0.05, 0.1) is 12.3 Å². The molecular formula is C15H26N4O. The van der Waals surface area contributed by atoms with Crippen molar-refractivity contribution in [3.8, 4) is 0 Å². The highest BCUT2D eigenvalue weighted by molar-refractivity contribution is 5.32. The zero-order valence-corrected chi connectivity index (χ0v) is 12.7. The van der Waals surface area contributed by atoms with Crippen LogP contribution in [0.1, 0.15) is 37.1 Å². The molecule has 1 aromatic heterocycles. The molecular weight excluding hydrogens is 252 g/mol. The van der Waals surface area contributed by atoms with Crippen molar-refractivity contribution in [3.63, 3.8) is 0 Å². The lowest BCUT2D eigenvalue weighted by molar-refractivity contribution is 0.199. The summed E-state index contributed by atoms with van der Waals surface area (Å²) in [5.74, 6) is 0.899. The van der Waals surface area contributed by atoms with Crippen molar-refractivity contribution in [1.29, 1.82) is 0 Å². The number of hydrogen-bond acceptors (Lipinski definition) is 5. The van der Waals surface area contributed by atoms with Gasteiger partial charge in [-0.25, -0.2) is 9.97 Å². The first-order chi connectivity index (χ1) is 9.79. The fourth-order valence-electron chi connectivity index (χ4n) is 2.51. The van der Waals surface area contributed by atoms with Crippen LogP contribution in [0.3, 0.4) is 0 Å². The van der Waals surface area contributed by atoms with Gasteiger partial charge in [-0.2, -0.15) is 0 Å². The topological polar surface area (TPSA) is 50.3 Å². The average Bonchev–Trinajstić information content (AvgIpc) is 2.72. The molecule has 112 valence electrons. The Morgan fingerprint density at radius 1 is 1.20 bits per heavy atom. The van der Waals surface area contributed by atoms with E-state index in [2.05, 4.69) is 21.3 Å². The minimum atomic E-state index is 0.725. The summed E-state index contributed by atoms with van der Waals surface area (Å²) in [6.07, 6.45) is 5.15. The van der Waals surface area contributed by atoms with Crippen molar-refractivity contribution in [3.05, 3.63) is 17.5 Å². The Labute approximate surface area is 121 Å². The minimum Gasteiger partial charge on any atom is -0.383 e. The first kappa shape index (κ1) is 15.2. The van der Waals surface area contributed by atoms with Gasteiger partial charge in [-0.3, -0.25) is 0 Å². The molecule has 5 heteroatoms. The predicted octanol–water partition coefficient (Wildman–Crippen LogP) is 1.90. The van der Waals surface area contributed by atoms with Gasteiger partial charge in [0.15, 0.2) is 0 Å². The highest BCUT2D eigenvalue weighted by Crippen LogP contribution is 2.16. The average molecular weight is 278 g/mol. The molecule has 1 fully saturated rings. The normalized spacial score (nSPS) is 16.2. The first-order valence-corrected chi connectivity index (χ1v) is 7.59. The maximum atomic E-state index is 5.03. The van der Waals surface area contributed by atoms with E-state index in [-0.39, 0.29) is 0 Å². The largest absolute Gasteiger partial charge is 0.383 e. The summed E-state index contributed by atoms with van der Waals surface area (Å²) in [6, 6.07) is 2.06. The highest BCUT2D eigenvalue weighted by atomic mass is 16.5. The van der Waals surface area contributed by atoms with Crippen molar-refractivity contribution in [2.75, 3.05) is 38.3 Å². The minimum absolute atomic E-state index is 0.725. The molecule has 1 N–H and O–H groups in total. The van der Waals surface area contributed by atoms with E-state index >= 15 is 0 Å². The molecule has 0 bridgehead atoms. The van der Waals surface area contributed by atoms with Crippen LogP contribution in [0.5, 0.6) is 0 Å². The first-order valence-electron chi connectivity index (χ1n) is 7.59. The van der Waals surface area contributed by atoms with Crippen LogP contribution < -0.4 is 10.2 Å². The fourth-order valence-corrected chi connectivity index (χ4v) is 2.51. The van der Waals surface area contributed by atoms with Crippen LogP contribution in [-0.2, 0) is 11.3 Å². The molecule has 0 radical (unpaired) electrons. The Bertz CT molecular complexity index is 403. The highest BCUT2D eigenvalue weighted by Gasteiger charge is 2.13. The molecule has 0 unspecified atom stereocenters. The molecule has 0 aromatic carbocycles. The molecule has 1 saturated heterocycles. The molecule has 1 aromatic rings.